The average molecular weight is 205 g/mol. The molecule has 1 aliphatic rings. The van der Waals surface area contributed by atoms with E-state index in [4.69, 9.17) is 15.4 Å². The van der Waals surface area contributed by atoms with Gasteiger partial charge in [0.25, 0.3) is 0 Å². The van der Waals surface area contributed by atoms with Gasteiger partial charge in [-0.1, -0.05) is 26.2 Å². The summed E-state index contributed by atoms with van der Waals surface area (Å²) in [7, 11) is 0. The Morgan fingerprint density at radius 3 is 2.60 bits per heavy atom. The number of hydrogen-bond donors (Lipinski definition) is 1. The number of nitrogens with two attached hydrogens (primary N) is 1. The first-order chi connectivity index (χ1) is 7.15. The molecule has 1 saturated carbocycles. The molecule has 2 rings (SSSR count). The molecule has 0 bridgehead atoms. The number of nitrogens with zero attached hydrogens (tertiary/aromatic N) is 2. The monoisotopic (exact) mass is 205 g/mol. The van der Waals surface area contributed by atoms with Gasteiger partial charge in [0.1, 0.15) is 6.07 Å². The van der Waals surface area contributed by atoms with Crippen LogP contribution in [-0.2, 0) is 5.41 Å². The average Bonchev–Trinajstić information content (AvgIpc) is 2.61. The highest BCUT2D eigenvalue weighted by atomic mass is 16.4. The Kier molecular flexibility index (Phi) is 2.39. The first-order valence-electron chi connectivity index (χ1n) is 5.32. The van der Waals surface area contributed by atoms with E-state index in [1.54, 1.807) is 0 Å². The van der Waals surface area contributed by atoms with Crippen LogP contribution in [0.1, 0.15) is 50.6 Å². The summed E-state index contributed by atoms with van der Waals surface area (Å²) in [5, 5.41) is 8.76. The van der Waals surface area contributed by atoms with Crippen molar-refractivity contribution in [3.63, 3.8) is 0 Å². The van der Waals surface area contributed by atoms with Crippen molar-refractivity contribution < 1.29 is 4.42 Å². The first kappa shape index (κ1) is 10.0. The SMILES string of the molecule is CC1(c2nc(C#N)c(N)o2)CCCCC1. The minimum Gasteiger partial charge on any atom is -0.423 e. The van der Waals surface area contributed by atoms with Crippen molar-refractivity contribution in [3.05, 3.63) is 11.6 Å². The highest BCUT2D eigenvalue weighted by molar-refractivity contribution is 5.41. The predicted molar refractivity (Wildman–Crippen MR) is 56.1 cm³/mol. The summed E-state index contributed by atoms with van der Waals surface area (Å²) in [6, 6.07) is 1.94. The fourth-order valence-corrected chi connectivity index (χ4v) is 2.22. The Bertz CT molecular complexity index is 396. The summed E-state index contributed by atoms with van der Waals surface area (Å²) >= 11 is 0. The maximum Gasteiger partial charge on any atom is 0.229 e. The normalized spacial score (nSPS) is 19.7. The van der Waals surface area contributed by atoms with Gasteiger partial charge in [0.05, 0.1) is 0 Å². The van der Waals surface area contributed by atoms with Gasteiger partial charge in [-0.3, -0.25) is 0 Å². The fourth-order valence-electron chi connectivity index (χ4n) is 2.22. The lowest BCUT2D eigenvalue weighted by atomic mass is 9.76. The van der Waals surface area contributed by atoms with Gasteiger partial charge in [-0.25, -0.2) is 0 Å². The topological polar surface area (TPSA) is 75.8 Å². The van der Waals surface area contributed by atoms with Crippen LogP contribution >= 0.6 is 0 Å². The summed E-state index contributed by atoms with van der Waals surface area (Å²) in [6.45, 7) is 2.14. The molecular formula is C11H15N3O. The number of nitriles is 1. The zero-order valence-electron chi connectivity index (χ0n) is 8.92. The summed E-state index contributed by atoms with van der Waals surface area (Å²) in [5.74, 6) is 0.788. The van der Waals surface area contributed by atoms with Crippen LogP contribution in [0, 0.1) is 11.3 Å². The molecule has 4 nitrogen and oxygen atoms in total. The van der Waals surface area contributed by atoms with Crippen molar-refractivity contribution in [2.45, 2.75) is 44.4 Å². The molecule has 1 aliphatic carbocycles. The van der Waals surface area contributed by atoms with E-state index in [2.05, 4.69) is 11.9 Å². The van der Waals surface area contributed by atoms with E-state index in [-0.39, 0.29) is 17.0 Å². The maximum atomic E-state index is 8.76. The highest BCUT2D eigenvalue weighted by Gasteiger charge is 2.34. The molecule has 0 amide bonds. The minimum atomic E-state index is -0.0263. The smallest absolute Gasteiger partial charge is 0.229 e. The van der Waals surface area contributed by atoms with Gasteiger partial charge in [0.2, 0.25) is 17.5 Å². The Morgan fingerprint density at radius 2 is 2.07 bits per heavy atom. The van der Waals surface area contributed by atoms with Crippen molar-refractivity contribution in [3.8, 4) is 6.07 Å². The molecule has 1 fully saturated rings. The molecule has 0 spiro atoms. The molecule has 0 unspecified atom stereocenters. The van der Waals surface area contributed by atoms with Crippen LogP contribution in [0.15, 0.2) is 4.42 Å². The van der Waals surface area contributed by atoms with Crippen LogP contribution < -0.4 is 5.73 Å². The van der Waals surface area contributed by atoms with E-state index in [1.165, 1.54) is 19.3 Å². The zero-order chi connectivity index (χ0) is 10.9. The molecule has 15 heavy (non-hydrogen) atoms. The Labute approximate surface area is 89.1 Å². The molecule has 4 heteroatoms. The van der Waals surface area contributed by atoms with E-state index in [1.807, 2.05) is 6.07 Å². The van der Waals surface area contributed by atoms with E-state index in [0.717, 1.165) is 12.8 Å². The second kappa shape index (κ2) is 3.58. The van der Waals surface area contributed by atoms with Gasteiger partial charge in [0, 0.05) is 5.41 Å². The number of aromatic nitrogens is 1. The molecule has 0 aliphatic heterocycles. The molecule has 1 aromatic rings. The number of anilines is 1. The molecule has 1 heterocycles. The van der Waals surface area contributed by atoms with E-state index >= 15 is 0 Å². The molecule has 0 aromatic carbocycles. The lowest BCUT2D eigenvalue weighted by Crippen LogP contribution is -2.25. The second-order valence-corrected chi connectivity index (χ2v) is 4.46. The fraction of sp³-hybridized carbons (Fsp3) is 0.636. The standard InChI is InChI=1S/C11H15N3O/c1-11(5-3-2-4-6-11)10-14-8(7-12)9(13)15-10/h2-6,13H2,1H3. The number of oxazole rings is 1. The van der Waals surface area contributed by atoms with Crippen molar-refractivity contribution >= 4 is 5.88 Å². The van der Waals surface area contributed by atoms with Crippen LogP contribution in [0.2, 0.25) is 0 Å². The molecule has 0 radical (unpaired) electrons. The third-order valence-electron chi connectivity index (χ3n) is 3.23. The summed E-state index contributed by atoms with van der Waals surface area (Å²) in [4.78, 5) is 4.17. The quantitative estimate of drug-likeness (QED) is 0.763. The zero-order valence-corrected chi connectivity index (χ0v) is 8.92. The Hall–Kier alpha value is -1.50. The summed E-state index contributed by atoms with van der Waals surface area (Å²) in [5.41, 5.74) is 5.76. The van der Waals surface area contributed by atoms with Crippen molar-refractivity contribution in [2.75, 3.05) is 5.73 Å². The predicted octanol–water partition coefficient (Wildman–Crippen LogP) is 2.35. The lowest BCUT2D eigenvalue weighted by molar-refractivity contribution is 0.260. The minimum absolute atomic E-state index is 0.0263. The highest BCUT2D eigenvalue weighted by Crippen LogP contribution is 2.39. The molecule has 0 saturated heterocycles. The largest absolute Gasteiger partial charge is 0.423 e. The number of hydrogen-bond acceptors (Lipinski definition) is 4. The van der Waals surface area contributed by atoms with Crippen molar-refractivity contribution in [1.29, 1.82) is 5.26 Å². The Morgan fingerprint density at radius 1 is 1.40 bits per heavy atom. The van der Waals surface area contributed by atoms with Crippen LogP contribution in [0.25, 0.3) is 0 Å². The lowest BCUT2D eigenvalue weighted by Gasteiger charge is -2.29. The number of nitrogen functional groups attached to an aromatic ring is 1. The van der Waals surface area contributed by atoms with E-state index < -0.39 is 0 Å². The van der Waals surface area contributed by atoms with Crippen LogP contribution in [-0.4, -0.2) is 4.98 Å². The van der Waals surface area contributed by atoms with Crippen molar-refractivity contribution in [1.82, 2.24) is 4.98 Å². The third kappa shape index (κ3) is 1.70. The number of rotatable bonds is 1. The van der Waals surface area contributed by atoms with Gasteiger partial charge in [0.15, 0.2) is 0 Å². The molecule has 80 valence electrons. The van der Waals surface area contributed by atoms with Gasteiger partial charge >= 0.3 is 0 Å². The van der Waals surface area contributed by atoms with Gasteiger partial charge in [-0.05, 0) is 12.8 Å². The second-order valence-electron chi connectivity index (χ2n) is 4.46. The molecule has 2 N–H and O–H groups in total. The molecule has 1 aromatic heterocycles. The first-order valence-corrected chi connectivity index (χ1v) is 5.32. The third-order valence-corrected chi connectivity index (χ3v) is 3.23. The molecule has 0 atom stereocenters. The summed E-state index contributed by atoms with van der Waals surface area (Å²) in [6.07, 6.45) is 5.80. The van der Waals surface area contributed by atoms with Gasteiger partial charge in [-0.2, -0.15) is 10.2 Å². The van der Waals surface area contributed by atoms with E-state index in [9.17, 15) is 0 Å². The van der Waals surface area contributed by atoms with Gasteiger partial charge < -0.3 is 10.2 Å². The Balaban J connectivity index is 2.32. The maximum absolute atomic E-state index is 8.76. The van der Waals surface area contributed by atoms with Crippen LogP contribution in [0.5, 0.6) is 0 Å². The van der Waals surface area contributed by atoms with Gasteiger partial charge in [-0.15, -0.1) is 0 Å². The van der Waals surface area contributed by atoms with Crippen LogP contribution in [0.3, 0.4) is 0 Å². The van der Waals surface area contributed by atoms with Crippen molar-refractivity contribution in [2.24, 2.45) is 0 Å². The molecular weight excluding hydrogens is 190 g/mol. The van der Waals surface area contributed by atoms with Crippen LogP contribution in [0.4, 0.5) is 5.88 Å². The van der Waals surface area contributed by atoms with E-state index in [0.29, 0.717) is 5.89 Å². The summed E-state index contributed by atoms with van der Waals surface area (Å²) < 4.78 is 5.39.